The highest BCUT2D eigenvalue weighted by molar-refractivity contribution is 9.10. The Hall–Kier alpha value is -2.34. The van der Waals surface area contributed by atoms with Gasteiger partial charge in [-0.1, -0.05) is 94.6 Å². The average Bonchev–Trinajstić information content (AvgIpc) is 2.82. The second-order valence-electron chi connectivity index (χ2n) is 8.07. The van der Waals surface area contributed by atoms with E-state index in [2.05, 4.69) is 21.2 Å². The van der Waals surface area contributed by atoms with Crippen LogP contribution in [0.25, 0.3) is 0 Å². The Labute approximate surface area is 219 Å². The summed E-state index contributed by atoms with van der Waals surface area (Å²) in [5.41, 5.74) is 2.66. The van der Waals surface area contributed by atoms with Crippen LogP contribution in [-0.2, 0) is 29.0 Å². The van der Waals surface area contributed by atoms with E-state index >= 15 is 0 Å². The molecule has 1 atom stereocenters. The fraction of sp³-hybridized carbons (Fsp3) is 0.259. The van der Waals surface area contributed by atoms with Gasteiger partial charge in [0.2, 0.25) is 11.8 Å². The summed E-state index contributed by atoms with van der Waals surface area (Å²) in [5, 5.41) is 3.82. The molecule has 0 radical (unpaired) electrons. The van der Waals surface area contributed by atoms with E-state index in [1.54, 1.807) is 23.1 Å². The molecule has 0 unspecified atom stereocenters. The van der Waals surface area contributed by atoms with Gasteiger partial charge in [0.05, 0.1) is 16.5 Å². The van der Waals surface area contributed by atoms with Gasteiger partial charge in [0.25, 0.3) is 0 Å². The van der Waals surface area contributed by atoms with Crippen LogP contribution in [0.2, 0.25) is 10.0 Å². The van der Waals surface area contributed by atoms with Gasteiger partial charge < -0.3 is 10.2 Å². The van der Waals surface area contributed by atoms with Gasteiger partial charge in [-0.2, -0.15) is 0 Å². The molecule has 0 bridgehead atoms. The van der Waals surface area contributed by atoms with Gasteiger partial charge in [0.1, 0.15) is 6.04 Å². The van der Waals surface area contributed by atoms with Crippen molar-refractivity contribution in [1.29, 1.82) is 0 Å². The number of nitrogens with zero attached hydrogens (tertiary/aromatic N) is 1. The maximum atomic E-state index is 13.7. The van der Waals surface area contributed by atoms with Crippen molar-refractivity contribution in [3.05, 3.63) is 104 Å². The van der Waals surface area contributed by atoms with Crippen LogP contribution in [0, 0.1) is 0 Å². The highest BCUT2D eigenvalue weighted by atomic mass is 79.9. The highest BCUT2D eigenvalue weighted by Crippen LogP contribution is 2.24. The zero-order chi connectivity index (χ0) is 24.5. The van der Waals surface area contributed by atoms with Crippen LogP contribution < -0.4 is 5.32 Å². The lowest BCUT2D eigenvalue weighted by Crippen LogP contribution is -2.51. The Balaban J connectivity index is 1.96. The molecule has 34 heavy (non-hydrogen) atoms. The zero-order valence-corrected chi connectivity index (χ0v) is 22.0. The largest absolute Gasteiger partial charge is 0.354 e. The van der Waals surface area contributed by atoms with E-state index in [0.29, 0.717) is 29.6 Å². The Morgan fingerprint density at radius 2 is 1.65 bits per heavy atom. The number of hydrogen-bond acceptors (Lipinski definition) is 2. The second kappa shape index (κ2) is 12.9. The molecule has 0 fully saturated rings. The minimum Gasteiger partial charge on any atom is -0.354 e. The molecule has 0 saturated heterocycles. The topological polar surface area (TPSA) is 49.4 Å². The van der Waals surface area contributed by atoms with Crippen molar-refractivity contribution in [2.45, 2.75) is 38.8 Å². The number of nitrogens with one attached hydrogen (secondary N) is 1. The zero-order valence-electron chi connectivity index (χ0n) is 18.9. The van der Waals surface area contributed by atoms with Crippen LogP contribution >= 0.6 is 39.1 Å². The van der Waals surface area contributed by atoms with Crippen molar-refractivity contribution in [2.24, 2.45) is 0 Å². The molecule has 3 aromatic carbocycles. The molecule has 0 heterocycles. The second-order valence-corrected chi connectivity index (χ2v) is 9.80. The van der Waals surface area contributed by atoms with Gasteiger partial charge in [-0.25, -0.2) is 0 Å². The molecule has 3 rings (SSSR count). The monoisotopic (exact) mass is 560 g/mol. The van der Waals surface area contributed by atoms with Crippen molar-refractivity contribution in [1.82, 2.24) is 10.2 Å². The summed E-state index contributed by atoms with van der Waals surface area (Å²) in [4.78, 5) is 28.6. The fourth-order valence-electron chi connectivity index (χ4n) is 3.68. The van der Waals surface area contributed by atoms with Gasteiger partial charge in [0, 0.05) is 24.0 Å². The average molecular weight is 562 g/mol. The maximum absolute atomic E-state index is 13.7. The maximum Gasteiger partial charge on any atom is 0.243 e. The van der Waals surface area contributed by atoms with Crippen LogP contribution in [0.3, 0.4) is 0 Å². The summed E-state index contributed by atoms with van der Waals surface area (Å²) in [6.45, 7) is 2.85. The van der Waals surface area contributed by atoms with Crippen molar-refractivity contribution >= 4 is 50.9 Å². The minimum atomic E-state index is -0.664. The summed E-state index contributed by atoms with van der Waals surface area (Å²) >= 11 is 15.7. The van der Waals surface area contributed by atoms with Crippen LogP contribution in [-0.4, -0.2) is 29.3 Å². The third kappa shape index (κ3) is 7.59. The molecule has 0 spiro atoms. The van der Waals surface area contributed by atoms with Gasteiger partial charge in [-0.3, -0.25) is 9.59 Å². The fourth-order valence-corrected chi connectivity index (χ4v) is 4.45. The Morgan fingerprint density at radius 1 is 0.912 bits per heavy atom. The van der Waals surface area contributed by atoms with Crippen LogP contribution in [0.4, 0.5) is 0 Å². The van der Waals surface area contributed by atoms with Crippen LogP contribution in [0.15, 0.2) is 77.3 Å². The lowest BCUT2D eigenvalue weighted by molar-refractivity contribution is -0.140. The molecule has 4 nitrogen and oxygen atoms in total. The van der Waals surface area contributed by atoms with E-state index in [1.165, 1.54) is 0 Å². The molecular formula is C27H27BrCl2N2O2. The molecule has 1 N–H and O–H groups in total. The molecule has 0 aliphatic rings. The number of hydrogen-bond donors (Lipinski definition) is 1. The number of carbonyl (C=O) groups is 2. The molecule has 3 aromatic rings. The molecule has 0 saturated carbocycles. The summed E-state index contributed by atoms with van der Waals surface area (Å²) in [5.74, 6) is -0.325. The smallest absolute Gasteiger partial charge is 0.243 e. The van der Waals surface area contributed by atoms with Crippen LogP contribution in [0.5, 0.6) is 0 Å². The number of amides is 2. The van der Waals surface area contributed by atoms with E-state index < -0.39 is 6.04 Å². The standard InChI is InChI=1S/C27H27BrCl2N2O2/c1-2-13-31-27(34)25(16-19-7-4-3-5-8-19)32(18-21-9-6-10-22(28)14-21)26(33)17-20-11-12-23(29)24(30)15-20/h3-12,14-15,25H,2,13,16-18H2,1H3,(H,31,34)/t25-/m1/s1. The quantitative estimate of drug-likeness (QED) is 0.308. The first-order valence-corrected chi connectivity index (χ1v) is 12.7. The first-order valence-electron chi connectivity index (χ1n) is 11.2. The number of halogens is 3. The summed E-state index contributed by atoms with van der Waals surface area (Å²) in [6, 6.07) is 22.0. The van der Waals surface area contributed by atoms with Crippen LogP contribution in [0.1, 0.15) is 30.0 Å². The number of carbonyl (C=O) groups excluding carboxylic acids is 2. The normalized spacial score (nSPS) is 11.6. The van der Waals surface area contributed by atoms with Crippen molar-refractivity contribution in [2.75, 3.05) is 6.54 Å². The Kier molecular flexibility index (Phi) is 10.00. The Bertz CT molecular complexity index is 1120. The number of benzene rings is 3. The molecule has 2 amide bonds. The predicted octanol–water partition coefficient (Wildman–Crippen LogP) is 6.46. The lowest BCUT2D eigenvalue weighted by Gasteiger charge is -2.32. The molecule has 178 valence electrons. The lowest BCUT2D eigenvalue weighted by atomic mass is 10.0. The SMILES string of the molecule is CCCNC(=O)[C@@H](Cc1ccccc1)N(Cc1cccc(Br)c1)C(=O)Cc1ccc(Cl)c(Cl)c1. The third-order valence-corrected chi connectivity index (χ3v) is 6.63. The summed E-state index contributed by atoms with van der Waals surface area (Å²) in [7, 11) is 0. The van der Waals surface area contributed by atoms with Crippen molar-refractivity contribution in [3.8, 4) is 0 Å². The first kappa shape index (κ1) is 26.3. The van der Waals surface area contributed by atoms with E-state index in [0.717, 1.165) is 27.6 Å². The van der Waals surface area contributed by atoms with Crippen molar-refractivity contribution in [3.63, 3.8) is 0 Å². The summed E-state index contributed by atoms with van der Waals surface area (Å²) < 4.78 is 0.914. The van der Waals surface area contributed by atoms with E-state index in [4.69, 9.17) is 23.2 Å². The highest BCUT2D eigenvalue weighted by Gasteiger charge is 2.30. The molecule has 0 aliphatic carbocycles. The first-order chi connectivity index (χ1) is 16.4. The predicted molar refractivity (Wildman–Crippen MR) is 142 cm³/mol. The van der Waals surface area contributed by atoms with Gasteiger partial charge in [-0.15, -0.1) is 0 Å². The molecule has 7 heteroatoms. The molecule has 0 aliphatic heterocycles. The van der Waals surface area contributed by atoms with Gasteiger partial charge >= 0.3 is 0 Å². The molecule has 0 aromatic heterocycles. The van der Waals surface area contributed by atoms with Crippen molar-refractivity contribution < 1.29 is 9.59 Å². The van der Waals surface area contributed by atoms with E-state index in [9.17, 15) is 9.59 Å². The summed E-state index contributed by atoms with van der Waals surface area (Å²) in [6.07, 6.45) is 1.33. The van der Waals surface area contributed by atoms with Gasteiger partial charge in [-0.05, 0) is 47.4 Å². The minimum absolute atomic E-state index is 0.108. The Morgan fingerprint density at radius 3 is 2.32 bits per heavy atom. The van der Waals surface area contributed by atoms with E-state index in [-0.39, 0.29) is 18.2 Å². The van der Waals surface area contributed by atoms with E-state index in [1.807, 2.05) is 61.5 Å². The van der Waals surface area contributed by atoms with Gasteiger partial charge in [0.15, 0.2) is 0 Å². The number of rotatable bonds is 10. The third-order valence-electron chi connectivity index (χ3n) is 5.40. The molecular weight excluding hydrogens is 535 g/mol.